The fraction of sp³-hybridized carbons (Fsp3) is 0.220. The van der Waals surface area contributed by atoms with Crippen LogP contribution in [0.25, 0.3) is 21.6 Å². The monoisotopic (exact) mass is 715 g/mol. The summed E-state index contributed by atoms with van der Waals surface area (Å²) in [6, 6.07) is 38.8. The number of hydrogen-bond acceptors (Lipinski definition) is 7. The summed E-state index contributed by atoms with van der Waals surface area (Å²) in [5, 5.41) is 16.2. The highest BCUT2D eigenvalue weighted by Crippen LogP contribution is 2.44. The van der Waals surface area contributed by atoms with Gasteiger partial charge in [-0.3, -0.25) is 4.79 Å². The third kappa shape index (κ3) is 8.81. The summed E-state index contributed by atoms with van der Waals surface area (Å²) in [6.07, 6.45) is -0.228. The molecule has 2 atom stereocenters. The maximum absolute atomic E-state index is 14.7. The van der Waals surface area contributed by atoms with Gasteiger partial charge < -0.3 is 19.9 Å². The number of amides is 1. The van der Waals surface area contributed by atoms with Crippen LogP contribution in [-0.2, 0) is 21.7 Å². The summed E-state index contributed by atoms with van der Waals surface area (Å²) in [4.78, 5) is 22.8. The summed E-state index contributed by atoms with van der Waals surface area (Å²) in [6.45, 7) is 0.773. The molecule has 1 aliphatic heterocycles. The van der Waals surface area contributed by atoms with Crippen LogP contribution in [0.2, 0.25) is 0 Å². The molecule has 0 aromatic heterocycles. The van der Waals surface area contributed by atoms with Crippen molar-refractivity contribution >= 4 is 29.3 Å². The molecule has 0 unspecified atom stereocenters. The van der Waals surface area contributed by atoms with Gasteiger partial charge in [-0.2, -0.15) is 11.8 Å². The minimum Gasteiger partial charge on any atom is -0.494 e. The number of carbonyl (C=O) groups excluding carboxylic acids is 1. The predicted octanol–water partition coefficient (Wildman–Crippen LogP) is 8.74. The highest BCUT2D eigenvalue weighted by atomic mass is 32.2. The van der Waals surface area contributed by atoms with Gasteiger partial charge in [0, 0.05) is 53.7 Å². The number of rotatable bonds is 16. The molecular formula is C41H38FN5O4S. The van der Waals surface area contributed by atoms with Gasteiger partial charge in [0.15, 0.2) is 11.6 Å². The highest BCUT2D eigenvalue weighted by molar-refractivity contribution is 7.98. The van der Waals surface area contributed by atoms with E-state index in [0.29, 0.717) is 59.5 Å². The fourth-order valence-corrected chi connectivity index (χ4v) is 6.84. The molecule has 264 valence electrons. The second-order valence-electron chi connectivity index (χ2n) is 12.2. The van der Waals surface area contributed by atoms with E-state index >= 15 is 0 Å². The number of carbonyl (C=O) groups is 1. The van der Waals surface area contributed by atoms with Gasteiger partial charge in [-0.25, -0.2) is 9.38 Å². The molecule has 0 spiro atoms. The van der Waals surface area contributed by atoms with Crippen molar-refractivity contribution < 1.29 is 23.8 Å². The minimum atomic E-state index is -1.48. The Hall–Kier alpha value is -5.61. The van der Waals surface area contributed by atoms with Crippen LogP contribution in [-0.4, -0.2) is 48.0 Å². The van der Waals surface area contributed by atoms with Crippen molar-refractivity contribution in [2.45, 2.75) is 30.2 Å². The molecule has 0 saturated heterocycles. The molecular weight excluding hydrogens is 678 g/mol. The molecule has 1 heterocycles. The average molecular weight is 716 g/mol. The van der Waals surface area contributed by atoms with Crippen LogP contribution in [0, 0.1) is 5.82 Å². The van der Waals surface area contributed by atoms with Gasteiger partial charge in [0.05, 0.1) is 6.61 Å². The van der Waals surface area contributed by atoms with E-state index in [4.69, 9.17) is 19.6 Å². The zero-order valence-electron chi connectivity index (χ0n) is 28.4. The molecule has 1 aliphatic rings. The number of nitrogens with zero attached hydrogens (tertiary/aromatic N) is 4. The van der Waals surface area contributed by atoms with E-state index in [9.17, 15) is 14.7 Å². The number of ether oxygens (including phenoxy) is 2. The zero-order valence-corrected chi connectivity index (χ0v) is 29.2. The molecule has 2 N–H and O–H groups in total. The SMILES string of the molecule is [N-]=[N+]=Nc1ccccc1C[C@@]1(C(=O)NCCSCc2ccc(F)cc2)N=C(c2ccc(OCCCO)cc2)O[C@@H]1c1ccc(-c2ccccc2)cc1. The molecule has 0 bridgehead atoms. The van der Waals surface area contributed by atoms with E-state index in [-0.39, 0.29) is 24.8 Å². The van der Waals surface area contributed by atoms with Crippen LogP contribution in [0.4, 0.5) is 10.1 Å². The van der Waals surface area contributed by atoms with E-state index in [2.05, 4.69) is 15.3 Å². The lowest BCUT2D eigenvalue weighted by molar-refractivity contribution is -0.128. The number of aliphatic hydroxyl groups is 1. The predicted molar refractivity (Wildman–Crippen MR) is 203 cm³/mol. The number of aliphatic hydroxyl groups excluding tert-OH is 1. The Morgan fingerprint density at radius 3 is 2.35 bits per heavy atom. The first-order chi connectivity index (χ1) is 25.5. The normalized spacial score (nSPS) is 16.3. The van der Waals surface area contributed by atoms with Crippen LogP contribution in [0.1, 0.15) is 34.8 Å². The third-order valence-electron chi connectivity index (χ3n) is 8.67. The van der Waals surface area contributed by atoms with Gasteiger partial charge in [0.2, 0.25) is 5.90 Å². The van der Waals surface area contributed by atoms with Crippen molar-refractivity contribution in [2.24, 2.45) is 10.1 Å². The van der Waals surface area contributed by atoms with Crippen LogP contribution < -0.4 is 10.1 Å². The summed E-state index contributed by atoms with van der Waals surface area (Å²) in [7, 11) is 0. The van der Waals surface area contributed by atoms with Crippen LogP contribution in [0.5, 0.6) is 5.75 Å². The lowest BCUT2D eigenvalue weighted by Crippen LogP contribution is -2.50. The summed E-state index contributed by atoms with van der Waals surface area (Å²) in [5.41, 5.74) is 13.4. The van der Waals surface area contributed by atoms with Crippen molar-refractivity contribution in [1.82, 2.24) is 5.32 Å². The smallest absolute Gasteiger partial charge is 0.252 e. The van der Waals surface area contributed by atoms with Gasteiger partial charge >= 0.3 is 0 Å². The molecule has 0 aliphatic carbocycles. The van der Waals surface area contributed by atoms with E-state index < -0.39 is 11.6 Å². The molecule has 0 radical (unpaired) electrons. The van der Waals surface area contributed by atoms with E-state index in [1.54, 1.807) is 48.2 Å². The summed E-state index contributed by atoms with van der Waals surface area (Å²) < 4.78 is 25.8. The Bertz CT molecular complexity index is 2020. The first kappa shape index (κ1) is 36.2. The molecule has 5 aromatic carbocycles. The lowest BCUT2D eigenvalue weighted by atomic mass is 9.81. The molecule has 52 heavy (non-hydrogen) atoms. The Morgan fingerprint density at radius 2 is 1.62 bits per heavy atom. The van der Waals surface area contributed by atoms with Gasteiger partial charge in [-0.15, -0.1) is 0 Å². The Balaban J connectivity index is 1.35. The largest absolute Gasteiger partial charge is 0.494 e. The number of azide groups is 1. The number of hydrogen-bond donors (Lipinski definition) is 2. The number of halogens is 1. The number of benzene rings is 5. The van der Waals surface area contributed by atoms with E-state index in [0.717, 1.165) is 22.3 Å². The van der Waals surface area contributed by atoms with Gasteiger partial charge in [-0.1, -0.05) is 96.1 Å². The molecule has 0 fully saturated rings. The summed E-state index contributed by atoms with van der Waals surface area (Å²) in [5.74, 6) is 1.60. The number of aliphatic imine (C=N–C) groups is 1. The maximum Gasteiger partial charge on any atom is 0.252 e. The van der Waals surface area contributed by atoms with E-state index in [1.165, 1.54) is 12.1 Å². The number of thioether (sulfide) groups is 1. The Morgan fingerprint density at radius 1 is 0.923 bits per heavy atom. The molecule has 1 amide bonds. The fourth-order valence-electron chi connectivity index (χ4n) is 6.02. The van der Waals surface area contributed by atoms with Crippen LogP contribution >= 0.6 is 11.8 Å². The highest BCUT2D eigenvalue weighted by Gasteiger charge is 2.53. The van der Waals surface area contributed by atoms with Gasteiger partial charge in [0.25, 0.3) is 5.91 Å². The molecule has 6 rings (SSSR count). The van der Waals surface area contributed by atoms with Crippen molar-refractivity contribution in [1.29, 1.82) is 0 Å². The Labute approximate surface area is 306 Å². The molecule has 5 aromatic rings. The molecule has 0 saturated carbocycles. The zero-order chi connectivity index (χ0) is 36.2. The lowest BCUT2D eigenvalue weighted by Gasteiger charge is -2.31. The van der Waals surface area contributed by atoms with Crippen molar-refractivity contribution in [2.75, 3.05) is 25.5 Å². The van der Waals surface area contributed by atoms with Crippen molar-refractivity contribution in [3.8, 4) is 16.9 Å². The Kier molecular flexibility index (Phi) is 12.2. The third-order valence-corrected chi connectivity index (χ3v) is 9.70. The number of nitrogens with one attached hydrogen (secondary N) is 1. The average Bonchev–Trinajstić information content (AvgIpc) is 3.57. The quantitative estimate of drug-likeness (QED) is 0.0457. The van der Waals surface area contributed by atoms with Gasteiger partial charge in [0.1, 0.15) is 11.6 Å². The maximum atomic E-state index is 14.7. The van der Waals surface area contributed by atoms with Crippen molar-refractivity contribution in [3.63, 3.8) is 0 Å². The molecule has 9 nitrogen and oxygen atoms in total. The first-order valence-corrected chi connectivity index (χ1v) is 18.1. The van der Waals surface area contributed by atoms with Crippen LogP contribution in [0.3, 0.4) is 0 Å². The van der Waals surface area contributed by atoms with Crippen molar-refractivity contribution in [3.05, 3.63) is 166 Å². The first-order valence-electron chi connectivity index (χ1n) is 17.0. The second-order valence-corrected chi connectivity index (χ2v) is 13.3. The minimum absolute atomic E-state index is 0.0380. The molecule has 11 heteroatoms. The van der Waals surface area contributed by atoms with Gasteiger partial charge in [-0.05, 0) is 69.7 Å². The topological polar surface area (TPSA) is 129 Å². The second kappa shape index (κ2) is 17.5. The standard InChI is InChI=1S/C41H38FN5O4S/c42-35-19-11-29(12-20-35)28-52-26-23-44-40(49)41(27-34-9-4-5-10-37(34)46-47-43)38(32-15-13-31(14-16-32)30-7-2-1-3-8-30)51-39(45-41)33-17-21-36(22-18-33)50-25-6-24-48/h1-5,7-22,38,48H,6,23-28H2,(H,44,49)/t38-,41-/m1/s1. The van der Waals surface area contributed by atoms with Crippen LogP contribution in [0.15, 0.2) is 138 Å². The van der Waals surface area contributed by atoms with E-state index in [1.807, 2.05) is 78.9 Å². The summed E-state index contributed by atoms with van der Waals surface area (Å²) >= 11 is 1.63.